The predicted octanol–water partition coefficient (Wildman–Crippen LogP) is 3.97. The van der Waals surface area contributed by atoms with Gasteiger partial charge in [0.05, 0.1) is 18.8 Å². The van der Waals surface area contributed by atoms with Gasteiger partial charge in [-0.2, -0.15) is 0 Å². The average molecular weight is 627 g/mol. The normalized spacial score (nSPS) is 23.1. The maximum absolute atomic E-state index is 14.3. The number of halogens is 1. The molecule has 0 saturated carbocycles. The van der Waals surface area contributed by atoms with Gasteiger partial charge in [0.1, 0.15) is 18.0 Å². The quantitative estimate of drug-likeness (QED) is 0.431. The summed E-state index contributed by atoms with van der Waals surface area (Å²) in [4.78, 5) is 49.9. The molecule has 2 aromatic carbocycles. The van der Waals surface area contributed by atoms with Crippen LogP contribution in [0.15, 0.2) is 107 Å². The number of hydrogen-bond acceptors (Lipinski definition) is 6. The van der Waals surface area contributed by atoms with Gasteiger partial charge in [-0.1, -0.05) is 72.3 Å². The zero-order chi connectivity index (χ0) is 31.5. The fourth-order valence-electron chi connectivity index (χ4n) is 6.36. The summed E-state index contributed by atoms with van der Waals surface area (Å²) in [5, 5.41) is 16.8. The molecule has 0 aromatic heterocycles. The number of hydrogen-bond donors (Lipinski definition) is 2. The second-order valence-corrected chi connectivity index (χ2v) is 11.9. The Balaban J connectivity index is 1.35. The molecule has 1 unspecified atom stereocenters. The minimum Gasteiger partial charge on any atom is -0.508 e. The van der Waals surface area contributed by atoms with Gasteiger partial charge in [0, 0.05) is 43.2 Å². The highest BCUT2D eigenvalue weighted by Crippen LogP contribution is 2.34. The maximum atomic E-state index is 14.3. The molecule has 3 aliphatic heterocycles. The number of allylic oxidation sites excluding steroid dienone is 4. The van der Waals surface area contributed by atoms with Crippen molar-refractivity contribution >= 4 is 35.2 Å². The van der Waals surface area contributed by atoms with Gasteiger partial charge >= 0.3 is 6.03 Å². The Morgan fingerprint density at radius 3 is 2.62 bits per heavy atom. The van der Waals surface area contributed by atoms with Gasteiger partial charge in [0.15, 0.2) is 0 Å². The number of benzene rings is 2. The van der Waals surface area contributed by atoms with Crippen LogP contribution in [0.1, 0.15) is 17.5 Å². The van der Waals surface area contributed by atoms with Crippen molar-refractivity contribution in [2.45, 2.75) is 31.6 Å². The predicted molar refractivity (Wildman–Crippen MR) is 172 cm³/mol. The zero-order valence-corrected chi connectivity index (χ0v) is 25.5. The van der Waals surface area contributed by atoms with Crippen LogP contribution in [0.5, 0.6) is 5.75 Å². The summed E-state index contributed by atoms with van der Waals surface area (Å²) in [6.45, 7) is 4.68. The third-order valence-electron chi connectivity index (χ3n) is 8.52. The van der Waals surface area contributed by atoms with Crippen LogP contribution in [-0.2, 0) is 22.6 Å². The van der Waals surface area contributed by atoms with Gasteiger partial charge < -0.3 is 20.2 Å². The number of piperazine rings is 1. The van der Waals surface area contributed by atoms with Crippen LogP contribution in [0, 0.1) is 5.92 Å². The van der Waals surface area contributed by atoms with E-state index in [1.807, 2.05) is 48.6 Å². The van der Waals surface area contributed by atoms with E-state index in [0.717, 1.165) is 28.8 Å². The van der Waals surface area contributed by atoms with Crippen molar-refractivity contribution in [1.29, 1.82) is 0 Å². The number of phenols is 1. The van der Waals surface area contributed by atoms with E-state index in [4.69, 9.17) is 11.6 Å². The lowest BCUT2D eigenvalue weighted by molar-refractivity contribution is -0.188. The van der Waals surface area contributed by atoms with E-state index < -0.39 is 12.2 Å². The first kappa shape index (κ1) is 30.4. The van der Waals surface area contributed by atoms with Crippen LogP contribution < -0.4 is 5.32 Å². The molecule has 2 aromatic rings. The minimum absolute atomic E-state index is 0.0690. The molecule has 3 atom stereocenters. The van der Waals surface area contributed by atoms with Crippen LogP contribution in [0.4, 0.5) is 4.79 Å². The van der Waals surface area contributed by atoms with E-state index >= 15 is 0 Å². The number of carbonyl (C=O) groups is 3. The van der Waals surface area contributed by atoms with Crippen molar-refractivity contribution in [2.24, 2.45) is 10.9 Å². The van der Waals surface area contributed by atoms with Gasteiger partial charge in [-0.05, 0) is 41.3 Å². The van der Waals surface area contributed by atoms with Crippen molar-refractivity contribution in [3.8, 4) is 5.75 Å². The Morgan fingerprint density at radius 1 is 1.09 bits per heavy atom. The molecule has 4 amide bonds. The number of amides is 4. The topological polar surface area (TPSA) is 109 Å². The van der Waals surface area contributed by atoms with Gasteiger partial charge in [-0.25, -0.2) is 14.8 Å². The van der Waals surface area contributed by atoms with E-state index in [9.17, 15) is 19.5 Å². The van der Waals surface area contributed by atoms with Crippen LogP contribution in [0.3, 0.4) is 0 Å². The Hall–Kier alpha value is -4.67. The second-order valence-electron chi connectivity index (χ2n) is 11.4. The molecule has 0 bridgehead atoms. The monoisotopic (exact) mass is 626 g/mol. The summed E-state index contributed by atoms with van der Waals surface area (Å²) in [5.41, 5.74) is 3.40. The van der Waals surface area contributed by atoms with Crippen molar-refractivity contribution < 1.29 is 19.5 Å². The first-order chi connectivity index (χ1) is 21.8. The number of urea groups is 1. The van der Waals surface area contributed by atoms with Gasteiger partial charge in [-0.15, -0.1) is 6.58 Å². The zero-order valence-electron chi connectivity index (χ0n) is 24.8. The molecule has 2 fully saturated rings. The van der Waals surface area contributed by atoms with E-state index in [2.05, 4.69) is 16.9 Å². The first-order valence-corrected chi connectivity index (χ1v) is 15.4. The molecule has 3 heterocycles. The number of hydrazine groups is 1. The molecule has 2 saturated heterocycles. The highest BCUT2D eigenvalue weighted by atomic mass is 35.5. The largest absolute Gasteiger partial charge is 0.508 e. The highest BCUT2D eigenvalue weighted by molar-refractivity contribution is 6.33. The standard InChI is InChI=1S/C34H35ClN6O4/c1-2-17-39-22-31(43)40-29(18-23-10-13-26(42)14-11-23)33(44)38(20-25-12-15-28(35)27-9-6-16-36-32(25)27)21-30(40)41(39)34(45)37-19-24-7-4-3-5-8-24/h2-8,10-16,27,29-30,42H,1,9,17-22H2,(H,37,45)/t27?,29-,30-/m0/s1. The lowest BCUT2D eigenvalue weighted by Gasteiger charge is -2.55. The summed E-state index contributed by atoms with van der Waals surface area (Å²) in [6.07, 6.45) is 9.30. The number of fused-ring (bicyclic) bond motifs is 2. The number of aliphatic imine (C=N–C) groups is 1. The summed E-state index contributed by atoms with van der Waals surface area (Å²) in [6, 6.07) is 14.9. The SMILES string of the molecule is C=CCN1CC(=O)N2[C@@H](Cc3ccc(O)cc3)C(=O)N(CC3=CC=C(Cl)C4CC=CN=C34)C[C@@H]2N1C(=O)NCc1ccccc1. The van der Waals surface area contributed by atoms with E-state index in [1.54, 1.807) is 56.4 Å². The number of aromatic hydroxyl groups is 1. The summed E-state index contributed by atoms with van der Waals surface area (Å²) >= 11 is 6.53. The number of nitrogens with zero attached hydrogens (tertiary/aromatic N) is 5. The fraction of sp³-hybridized carbons (Fsp3) is 0.294. The van der Waals surface area contributed by atoms with Crippen molar-refractivity contribution in [3.63, 3.8) is 0 Å². The molecule has 0 radical (unpaired) electrons. The van der Waals surface area contributed by atoms with Gasteiger partial charge in [0.2, 0.25) is 11.8 Å². The van der Waals surface area contributed by atoms with Crippen LogP contribution in [0.2, 0.25) is 0 Å². The number of rotatable bonds is 8. The molecule has 232 valence electrons. The summed E-state index contributed by atoms with van der Waals surface area (Å²) in [7, 11) is 0. The van der Waals surface area contributed by atoms with Gasteiger partial charge in [-0.3, -0.25) is 14.6 Å². The van der Waals surface area contributed by atoms with Crippen LogP contribution >= 0.6 is 11.6 Å². The molecule has 45 heavy (non-hydrogen) atoms. The molecule has 6 rings (SSSR count). The summed E-state index contributed by atoms with van der Waals surface area (Å²) < 4.78 is 0. The number of carbonyl (C=O) groups excluding carboxylic acids is 3. The molecule has 4 aliphatic rings. The number of nitrogens with one attached hydrogen (secondary N) is 1. The molecule has 2 N–H and O–H groups in total. The summed E-state index contributed by atoms with van der Waals surface area (Å²) in [5.74, 6) is -0.435. The molecular weight excluding hydrogens is 592 g/mol. The molecule has 10 nitrogen and oxygen atoms in total. The molecule has 1 aliphatic carbocycles. The Morgan fingerprint density at radius 2 is 1.87 bits per heavy atom. The average Bonchev–Trinajstić information content (AvgIpc) is 3.05. The van der Waals surface area contributed by atoms with Crippen molar-refractivity contribution in [3.05, 3.63) is 113 Å². The van der Waals surface area contributed by atoms with Crippen molar-refractivity contribution in [1.82, 2.24) is 25.1 Å². The van der Waals surface area contributed by atoms with Crippen LogP contribution in [0.25, 0.3) is 0 Å². The maximum Gasteiger partial charge on any atom is 0.334 e. The lowest BCUT2D eigenvalue weighted by Crippen LogP contribution is -2.76. The van der Waals surface area contributed by atoms with Crippen molar-refractivity contribution in [2.75, 3.05) is 26.2 Å². The first-order valence-electron chi connectivity index (χ1n) is 15.0. The number of phenolic OH excluding ortho intramolecular Hbond substituents is 1. The molecular formula is C34H35ClN6O4. The fourth-order valence-corrected chi connectivity index (χ4v) is 6.61. The third kappa shape index (κ3) is 6.29. The Labute approximate surface area is 267 Å². The van der Waals surface area contributed by atoms with Crippen LogP contribution in [-0.4, -0.2) is 86.9 Å². The third-order valence-corrected chi connectivity index (χ3v) is 8.91. The Bertz CT molecular complexity index is 1600. The highest BCUT2D eigenvalue weighted by Gasteiger charge is 2.51. The smallest absolute Gasteiger partial charge is 0.334 e. The minimum atomic E-state index is -0.872. The Kier molecular flexibility index (Phi) is 8.86. The van der Waals surface area contributed by atoms with E-state index in [0.29, 0.717) is 11.6 Å². The van der Waals surface area contributed by atoms with Gasteiger partial charge in [0.25, 0.3) is 0 Å². The molecule has 11 heteroatoms. The lowest BCUT2D eigenvalue weighted by atomic mass is 9.87. The molecule has 0 spiro atoms. The van der Waals surface area contributed by atoms with E-state index in [1.165, 1.54) is 0 Å². The second kappa shape index (κ2) is 13.1. The van der Waals surface area contributed by atoms with E-state index in [-0.39, 0.29) is 62.1 Å².